The lowest BCUT2D eigenvalue weighted by Crippen LogP contribution is -2.29. The topological polar surface area (TPSA) is 84.9 Å². The van der Waals surface area contributed by atoms with Crippen LogP contribution >= 0.6 is 11.6 Å². The van der Waals surface area contributed by atoms with Crippen molar-refractivity contribution in [3.63, 3.8) is 0 Å². The highest BCUT2D eigenvalue weighted by molar-refractivity contribution is 7.92. The number of amides is 1. The van der Waals surface area contributed by atoms with E-state index in [1.54, 1.807) is 72.8 Å². The average Bonchev–Trinajstić information content (AvgIpc) is 2.81. The summed E-state index contributed by atoms with van der Waals surface area (Å²) in [6.45, 7) is 4.64. The first-order valence-electron chi connectivity index (χ1n) is 11.1. The van der Waals surface area contributed by atoms with Gasteiger partial charge >= 0.3 is 0 Å². The van der Waals surface area contributed by atoms with Crippen LogP contribution in [0.2, 0.25) is 5.02 Å². The molecule has 35 heavy (non-hydrogen) atoms. The molecule has 0 heterocycles. The van der Waals surface area contributed by atoms with Crippen molar-refractivity contribution in [2.75, 3.05) is 23.7 Å². The third kappa shape index (κ3) is 8.19. The highest BCUT2D eigenvalue weighted by atomic mass is 35.5. The van der Waals surface area contributed by atoms with Crippen molar-refractivity contribution >= 4 is 33.2 Å². The summed E-state index contributed by atoms with van der Waals surface area (Å²) >= 11 is 5.85. The van der Waals surface area contributed by atoms with E-state index >= 15 is 0 Å². The van der Waals surface area contributed by atoms with Gasteiger partial charge in [0.05, 0.1) is 31.1 Å². The summed E-state index contributed by atoms with van der Waals surface area (Å²) in [5.74, 6) is 1.11. The monoisotopic (exact) mass is 516 g/mol. The Balaban J connectivity index is 1.57. The molecule has 0 fully saturated rings. The Bertz CT molecular complexity index is 1210. The Morgan fingerprint density at radius 3 is 2.11 bits per heavy atom. The van der Waals surface area contributed by atoms with Crippen LogP contribution < -0.4 is 19.1 Å². The van der Waals surface area contributed by atoms with Crippen LogP contribution in [0.5, 0.6) is 11.5 Å². The van der Waals surface area contributed by atoms with Gasteiger partial charge in [-0.1, -0.05) is 23.7 Å². The number of halogens is 1. The number of carbonyl (C=O) groups is 1. The molecule has 3 rings (SSSR count). The number of ether oxygens (including phenoxy) is 2. The number of rotatable bonds is 11. The normalized spacial score (nSPS) is 11.2. The first-order chi connectivity index (χ1) is 16.6. The molecule has 3 aromatic carbocycles. The summed E-state index contributed by atoms with van der Waals surface area (Å²) < 4.78 is 37.4. The van der Waals surface area contributed by atoms with Gasteiger partial charge in [-0.2, -0.15) is 0 Å². The molecule has 1 N–H and O–H groups in total. The van der Waals surface area contributed by atoms with E-state index in [4.69, 9.17) is 21.1 Å². The van der Waals surface area contributed by atoms with Crippen LogP contribution in [0.25, 0.3) is 0 Å². The molecule has 0 aliphatic heterocycles. The SMILES string of the molecule is CC(C)Oc1ccc(N(Cc2ccc(C(=O)NCCOc3ccc(Cl)cc3)cc2)S(C)(=O)=O)cc1. The molecule has 9 heteroatoms. The molecule has 186 valence electrons. The first-order valence-corrected chi connectivity index (χ1v) is 13.3. The van der Waals surface area contributed by atoms with E-state index in [0.717, 1.165) is 5.56 Å². The van der Waals surface area contributed by atoms with Crippen molar-refractivity contribution in [1.29, 1.82) is 0 Å². The number of sulfonamides is 1. The molecule has 0 unspecified atom stereocenters. The van der Waals surface area contributed by atoms with E-state index in [0.29, 0.717) is 40.9 Å². The van der Waals surface area contributed by atoms with Crippen LogP contribution in [0, 0.1) is 0 Å². The standard InChI is InChI=1S/C26H29ClN2O5S/c1-19(2)34-25-14-10-23(11-15-25)29(35(3,31)32)18-20-4-6-21(7-5-20)26(30)28-16-17-33-24-12-8-22(27)9-13-24/h4-15,19H,16-18H2,1-3H3,(H,28,30). The summed E-state index contributed by atoms with van der Waals surface area (Å²) in [6.07, 6.45) is 1.19. The first kappa shape index (κ1) is 26.4. The van der Waals surface area contributed by atoms with Gasteiger partial charge in [-0.25, -0.2) is 8.42 Å². The second-order valence-electron chi connectivity index (χ2n) is 8.19. The van der Waals surface area contributed by atoms with E-state index in [1.807, 2.05) is 13.8 Å². The van der Waals surface area contributed by atoms with Gasteiger partial charge in [0.2, 0.25) is 10.0 Å². The highest BCUT2D eigenvalue weighted by Gasteiger charge is 2.18. The smallest absolute Gasteiger partial charge is 0.251 e. The van der Waals surface area contributed by atoms with Gasteiger partial charge in [0, 0.05) is 10.6 Å². The minimum absolute atomic E-state index is 0.0265. The molecule has 0 saturated heterocycles. The predicted octanol–water partition coefficient (Wildman–Crippen LogP) is 4.90. The fourth-order valence-electron chi connectivity index (χ4n) is 3.26. The van der Waals surface area contributed by atoms with Crippen LogP contribution in [0.4, 0.5) is 5.69 Å². The molecule has 0 aromatic heterocycles. The third-order valence-electron chi connectivity index (χ3n) is 4.91. The second-order valence-corrected chi connectivity index (χ2v) is 10.5. The zero-order chi connectivity index (χ0) is 25.4. The number of benzene rings is 3. The van der Waals surface area contributed by atoms with E-state index in [9.17, 15) is 13.2 Å². The van der Waals surface area contributed by atoms with E-state index in [-0.39, 0.29) is 18.6 Å². The van der Waals surface area contributed by atoms with Crippen molar-refractivity contribution in [1.82, 2.24) is 5.32 Å². The largest absolute Gasteiger partial charge is 0.492 e. The van der Waals surface area contributed by atoms with Gasteiger partial charge in [0.25, 0.3) is 5.91 Å². The molecule has 1 amide bonds. The maximum absolute atomic E-state index is 12.5. The molecule has 0 aliphatic rings. The summed E-state index contributed by atoms with van der Waals surface area (Å²) in [5.41, 5.74) is 1.76. The Hall–Kier alpha value is -3.23. The van der Waals surface area contributed by atoms with Crippen LogP contribution in [0.15, 0.2) is 72.8 Å². The van der Waals surface area contributed by atoms with Gasteiger partial charge in [-0.15, -0.1) is 0 Å². The highest BCUT2D eigenvalue weighted by Crippen LogP contribution is 2.24. The van der Waals surface area contributed by atoms with Crippen LogP contribution in [0.1, 0.15) is 29.8 Å². The molecule has 0 aliphatic carbocycles. The maximum Gasteiger partial charge on any atom is 0.251 e. The van der Waals surface area contributed by atoms with Crippen LogP contribution in [0.3, 0.4) is 0 Å². The number of nitrogens with one attached hydrogen (secondary N) is 1. The Labute approximate surface area is 211 Å². The minimum Gasteiger partial charge on any atom is -0.492 e. The lowest BCUT2D eigenvalue weighted by Gasteiger charge is -2.23. The quantitative estimate of drug-likeness (QED) is 0.366. The van der Waals surface area contributed by atoms with Gasteiger partial charge in [-0.05, 0) is 80.1 Å². The van der Waals surface area contributed by atoms with E-state index < -0.39 is 10.0 Å². The molecule has 0 spiro atoms. The van der Waals surface area contributed by atoms with E-state index in [1.165, 1.54) is 10.6 Å². The average molecular weight is 517 g/mol. The lowest BCUT2D eigenvalue weighted by molar-refractivity contribution is 0.0947. The molecule has 0 radical (unpaired) electrons. The number of nitrogens with zero attached hydrogens (tertiary/aromatic N) is 1. The van der Waals surface area contributed by atoms with Crippen LogP contribution in [-0.2, 0) is 16.6 Å². The minimum atomic E-state index is -3.53. The Morgan fingerprint density at radius 2 is 1.54 bits per heavy atom. The number of hydrogen-bond donors (Lipinski definition) is 1. The molecule has 3 aromatic rings. The van der Waals surface area contributed by atoms with Crippen molar-refractivity contribution in [3.05, 3.63) is 88.9 Å². The summed E-state index contributed by atoms with van der Waals surface area (Å²) in [6, 6.07) is 20.7. The lowest BCUT2D eigenvalue weighted by atomic mass is 10.1. The summed E-state index contributed by atoms with van der Waals surface area (Å²) in [5, 5.41) is 3.43. The fraction of sp³-hybridized carbons (Fsp3) is 0.269. The van der Waals surface area contributed by atoms with Crippen molar-refractivity contribution in [2.24, 2.45) is 0 Å². The number of anilines is 1. The van der Waals surface area contributed by atoms with Crippen LogP contribution in [-0.4, -0.2) is 39.8 Å². The number of hydrogen-bond acceptors (Lipinski definition) is 5. The van der Waals surface area contributed by atoms with Crippen molar-refractivity contribution in [2.45, 2.75) is 26.5 Å². The fourth-order valence-corrected chi connectivity index (χ4v) is 4.27. The van der Waals surface area contributed by atoms with Gasteiger partial charge < -0.3 is 14.8 Å². The summed E-state index contributed by atoms with van der Waals surface area (Å²) in [4.78, 5) is 12.4. The summed E-state index contributed by atoms with van der Waals surface area (Å²) in [7, 11) is -3.53. The predicted molar refractivity (Wildman–Crippen MR) is 139 cm³/mol. The zero-order valence-corrected chi connectivity index (χ0v) is 21.5. The second kappa shape index (κ2) is 12.0. The third-order valence-corrected chi connectivity index (χ3v) is 6.30. The molecule has 7 nitrogen and oxygen atoms in total. The number of carbonyl (C=O) groups excluding carboxylic acids is 1. The molecule has 0 atom stereocenters. The zero-order valence-electron chi connectivity index (χ0n) is 19.9. The molecular formula is C26H29ClN2O5S. The molecular weight excluding hydrogens is 488 g/mol. The molecule has 0 saturated carbocycles. The van der Waals surface area contributed by atoms with Crippen molar-refractivity contribution < 1.29 is 22.7 Å². The van der Waals surface area contributed by atoms with Gasteiger partial charge in [-0.3, -0.25) is 9.10 Å². The maximum atomic E-state index is 12.5. The van der Waals surface area contributed by atoms with Crippen molar-refractivity contribution in [3.8, 4) is 11.5 Å². The van der Waals surface area contributed by atoms with Gasteiger partial charge in [0.1, 0.15) is 18.1 Å². The molecule has 0 bridgehead atoms. The van der Waals surface area contributed by atoms with E-state index in [2.05, 4.69) is 5.32 Å². The Morgan fingerprint density at radius 1 is 0.943 bits per heavy atom. The Kier molecular flexibility index (Phi) is 9.01. The van der Waals surface area contributed by atoms with Gasteiger partial charge in [0.15, 0.2) is 0 Å².